The Hall–Kier alpha value is -0.380. The third kappa shape index (κ3) is 3.44. The summed E-state index contributed by atoms with van der Waals surface area (Å²) in [5.41, 5.74) is 1.15. The van der Waals surface area contributed by atoms with Gasteiger partial charge >= 0.3 is 0 Å². The molecular weight excluding hydrogens is 314 g/mol. The molecule has 1 atom stereocenters. The van der Waals surface area contributed by atoms with Gasteiger partial charge in [0, 0.05) is 16.4 Å². The summed E-state index contributed by atoms with van der Waals surface area (Å²) >= 11 is 3.46. The molecule has 112 valence electrons. The zero-order valence-electron chi connectivity index (χ0n) is 12.8. The molecule has 1 aliphatic rings. The third-order valence-electron chi connectivity index (χ3n) is 4.99. The Balaban J connectivity index is 2.11. The van der Waals surface area contributed by atoms with E-state index in [2.05, 4.69) is 54.0 Å². The standard InChI is InChI=1S/C17H26BrNO/c1-13-8-10-17(11-9-13,19(2)3)16(20)12-14-4-6-15(18)7-5-14/h4-7,13,16,20H,8-12H2,1-3H3. The molecule has 1 aromatic rings. The van der Waals surface area contributed by atoms with Crippen molar-refractivity contribution in [3.05, 3.63) is 34.3 Å². The average molecular weight is 340 g/mol. The largest absolute Gasteiger partial charge is 0.391 e. The summed E-state index contributed by atoms with van der Waals surface area (Å²) in [7, 11) is 4.22. The summed E-state index contributed by atoms with van der Waals surface area (Å²) in [6.45, 7) is 2.32. The molecule has 0 saturated heterocycles. The van der Waals surface area contributed by atoms with Gasteiger partial charge in [0.1, 0.15) is 0 Å². The van der Waals surface area contributed by atoms with E-state index in [1.807, 2.05) is 12.1 Å². The first-order valence-electron chi connectivity index (χ1n) is 7.54. The van der Waals surface area contributed by atoms with E-state index in [1.165, 1.54) is 18.4 Å². The highest BCUT2D eigenvalue weighted by atomic mass is 79.9. The second kappa shape index (κ2) is 6.59. The van der Waals surface area contributed by atoms with Crippen molar-refractivity contribution < 1.29 is 5.11 Å². The van der Waals surface area contributed by atoms with Crippen LogP contribution in [0.2, 0.25) is 0 Å². The molecule has 1 aliphatic carbocycles. The van der Waals surface area contributed by atoms with Crippen molar-refractivity contribution in [2.24, 2.45) is 5.92 Å². The van der Waals surface area contributed by atoms with Gasteiger partial charge in [0.05, 0.1) is 6.10 Å². The number of hydrogen-bond donors (Lipinski definition) is 1. The third-order valence-corrected chi connectivity index (χ3v) is 5.52. The Morgan fingerprint density at radius 2 is 1.80 bits per heavy atom. The number of nitrogens with zero attached hydrogens (tertiary/aromatic N) is 1. The lowest BCUT2D eigenvalue weighted by Crippen LogP contribution is -2.56. The van der Waals surface area contributed by atoms with Crippen LogP contribution in [0, 0.1) is 5.92 Å². The van der Waals surface area contributed by atoms with Crippen LogP contribution >= 0.6 is 15.9 Å². The molecule has 0 radical (unpaired) electrons. The highest BCUT2D eigenvalue weighted by Gasteiger charge is 2.42. The average Bonchev–Trinajstić information content (AvgIpc) is 2.42. The van der Waals surface area contributed by atoms with E-state index in [0.29, 0.717) is 0 Å². The molecule has 0 heterocycles. The van der Waals surface area contributed by atoms with Crippen molar-refractivity contribution in [3.8, 4) is 0 Å². The van der Waals surface area contributed by atoms with Crippen molar-refractivity contribution >= 4 is 15.9 Å². The van der Waals surface area contributed by atoms with Gasteiger partial charge in [-0.1, -0.05) is 35.0 Å². The fourth-order valence-electron chi connectivity index (χ4n) is 3.37. The number of aliphatic hydroxyl groups excluding tert-OH is 1. The van der Waals surface area contributed by atoms with Crippen LogP contribution in [0.15, 0.2) is 28.7 Å². The van der Waals surface area contributed by atoms with Gasteiger partial charge in [0.2, 0.25) is 0 Å². The van der Waals surface area contributed by atoms with Gasteiger partial charge in [0.25, 0.3) is 0 Å². The second-order valence-corrected chi connectivity index (χ2v) is 7.44. The Bertz CT molecular complexity index is 421. The van der Waals surface area contributed by atoms with E-state index >= 15 is 0 Å². The predicted octanol–water partition coefficient (Wildman–Crippen LogP) is 3.86. The minimum Gasteiger partial charge on any atom is -0.391 e. The second-order valence-electron chi connectivity index (χ2n) is 6.53. The lowest BCUT2D eigenvalue weighted by atomic mass is 9.72. The van der Waals surface area contributed by atoms with Crippen LogP contribution in [0.25, 0.3) is 0 Å². The van der Waals surface area contributed by atoms with E-state index < -0.39 is 0 Å². The molecule has 0 aliphatic heterocycles. The van der Waals surface area contributed by atoms with E-state index in [4.69, 9.17) is 0 Å². The monoisotopic (exact) mass is 339 g/mol. The van der Waals surface area contributed by atoms with Crippen molar-refractivity contribution in [2.75, 3.05) is 14.1 Å². The summed E-state index contributed by atoms with van der Waals surface area (Å²) in [6.07, 6.45) is 5.06. The molecule has 1 fully saturated rings. The van der Waals surface area contributed by atoms with Crippen molar-refractivity contribution in [3.63, 3.8) is 0 Å². The molecule has 0 aromatic heterocycles. The van der Waals surface area contributed by atoms with Crippen molar-refractivity contribution in [1.82, 2.24) is 4.90 Å². The quantitative estimate of drug-likeness (QED) is 0.900. The molecular formula is C17H26BrNO. The molecule has 0 bridgehead atoms. The van der Waals surface area contributed by atoms with E-state index in [-0.39, 0.29) is 11.6 Å². The Morgan fingerprint density at radius 1 is 1.25 bits per heavy atom. The summed E-state index contributed by atoms with van der Waals surface area (Å²) in [5, 5.41) is 10.9. The molecule has 2 nitrogen and oxygen atoms in total. The lowest BCUT2D eigenvalue weighted by molar-refractivity contribution is -0.0382. The topological polar surface area (TPSA) is 23.5 Å². The number of hydrogen-bond acceptors (Lipinski definition) is 2. The molecule has 3 heteroatoms. The highest BCUT2D eigenvalue weighted by Crippen LogP contribution is 2.38. The van der Waals surface area contributed by atoms with Gasteiger partial charge < -0.3 is 10.0 Å². The van der Waals surface area contributed by atoms with Crippen LogP contribution in [-0.4, -0.2) is 35.7 Å². The zero-order valence-corrected chi connectivity index (χ0v) is 14.4. The van der Waals surface area contributed by atoms with E-state index in [1.54, 1.807) is 0 Å². The van der Waals surface area contributed by atoms with Crippen molar-refractivity contribution in [1.29, 1.82) is 0 Å². The number of halogens is 1. The van der Waals surface area contributed by atoms with Crippen LogP contribution in [0.3, 0.4) is 0 Å². The number of benzene rings is 1. The Labute approximate surface area is 131 Å². The van der Waals surface area contributed by atoms with E-state index in [0.717, 1.165) is 29.7 Å². The van der Waals surface area contributed by atoms with Crippen LogP contribution in [0.4, 0.5) is 0 Å². The minimum absolute atomic E-state index is 0.0560. The fourth-order valence-corrected chi connectivity index (χ4v) is 3.64. The number of likely N-dealkylation sites (N-methyl/N-ethyl adjacent to an activating group) is 1. The summed E-state index contributed by atoms with van der Waals surface area (Å²) < 4.78 is 1.09. The first kappa shape index (κ1) is 16.0. The molecule has 20 heavy (non-hydrogen) atoms. The first-order chi connectivity index (χ1) is 9.44. The first-order valence-corrected chi connectivity index (χ1v) is 8.33. The fraction of sp³-hybridized carbons (Fsp3) is 0.647. The zero-order chi connectivity index (χ0) is 14.8. The molecule has 1 saturated carbocycles. The molecule has 1 N–H and O–H groups in total. The van der Waals surface area contributed by atoms with Crippen LogP contribution in [0.1, 0.15) is 38.2 Å². The van der Waals surface area contributed by atoms with Gasteiger partial charge in [-0.25, -0.2) is 0 Å². The summed E-state index contributed by atoms with van der Waals surface area (Å²) in [4.78, 5) is 2.25. The Morgan fingerprint density at radius 3 is 2.30 bits per heavy atom. The summed E-state index contributed by atoms with van der Waals surface area (Å²) in [5.74, 6) is 0.794. The molecule has 1 unspecified atom stereocenters. The van der Waals surface area contributed by atoms with Crippen LogP contribution in [-0.2, 0) is 6.42 Å². The van der Waals surface area contributed by atoms with Gasteiger partial charge in [0.15, 0.2) is 0 Å². The van der Waals surface area contributed by atoms with Gasteiger partial charge in [-0.3, -0.25) is 0 Å². The van der Waals surface area contributed by atoms with Crippen molar-refractivity contribution in [2.45, 2.75) is 50.7 Å². The predicted molar refractivity (Wildman–Crippen MR) is 87.9 cm³/mol. The highest BCUT2D eigenvalue weighted by molar-refractivity contribution is 9.10. The van der Waals surface area contributed by atoms with Crippen LogP contribution < -0.4 is 0 Å². The lowest BCUT2D eigenvalue weighted by Gasteiger charge is -2.47. The maximum atomic E-state index is 10.9. The minimum atomic E-state index is -0.300. The maximum Gasteiger partial charge on any atom is 0.0763 e. The normalized spacial score (nSPS) is 28.6. The van der Waals surface area contributed by atoms with Crippen LogP contribution in [0.5, 0.6) is 0 Å². The summed E-state index contributed by atoms with van der Waals surface area (Å²) in [6, 6.07) is 8.30. The molecule has 1 aromatic carbocycles. The van der Waals surface area contributed by atoms with Gasteiger partial charge in [-0.05, 0) is 63.4 Å². The smallest absolute Gasteiger partial charge is 0.0763 e. The number of aliphatic hydroxyl groups is 1. The molecule has 2 rings (SSSR count). The van der Waals surface area contributed by atoms with Gasteiger partial charge in [-0.2, -0.15) is 0 Å². The Kier molecular flexibility index (Phi) is 5.27. The SMILES string of the molecule is CC1CCC(C(O)Cc2ccc(Br)cc2)(N(C)C)CC1. The maximum absolute atomic E-state index is 10.9. The molecule has 0 amide bonds. The number of rotatable bonds is 4. The molecule has 0 spiro atoms. The van der Waals surface area contributed by atoms with Gasteiger partial charge in [-0.15, -0.1) is 0 Å². The van der Waals surface area contributed by atoms with E-state index in [9.17, 15) is 5.11 Å².